The molecule has 0 radical (unpaired) electrons. The van der Waals surface area contributed by atoms with Gasteiger partial charge in [0.05, 0.1) is 12.4 Å². The normalized spacial score (nSPS) is 29.8. The Bertz CT molecular complexity index is 583. The first-order valence-electron chi connectivity index (χ1n) is 9.52. The summed E-state index contributed by atoms with van der Waals surface area (Å²) in [4.78, 5) is 4.40. The molecule has 2 aliphatic carbocycles. The number of ether oxygens (including phenoxy) is 2. The smallest absolute Gasteiger partial charge is 0.191 e. The number of furan rings is 1. The molecule has 2 N–H and O–H groups in total. The molecule has 6 nitrogen and oxygen atoms in total. The minimum absolute atomic E-state index is 0.380. The predicted molar refractivity (Wildman–Crippen MR) is 95.4 cm³/mol. The van der Waals surface area contributed by atoms with E-state index in [4.69, 9.17) is 13.9 Å². The summed E-state index contributed by atoms with van der Waals surface area (Å²) in [5, 5.41) is 7.11. The molecule has 1 saturated heterocycles. The minimum atomic E-state index is 0.380. The fourth-order valence-electron chi connectivity index (χ4n) is 4.75. The SMILES string of the molecule is CN=C(NCCCOCc1ccco1)NC1C2CCOC2C12CCC2. The van der Waals surface area contributed by atoms with Crippen LogP contribution in [-0.2, 0) is 16.1 Å². The Hall–Kier alpha value is -1.53. The van der Waals surface area contributed by atoms with Crippen molar-refractivity contribution in [1.29, 1.82) is 0 Å². The molecule has 25 heavy (non-hydrogen) atoms. The quantitative estimate of drug-likeness (QED) is 0.450. The molecule has 138 valence electrons. The van der Waals surface area contributed by atoms with Crippen LogP contribution in [0.5, 0.6) is 0 Å². The van der Waals surface area contributed by atoms with Crippen molar-refractivity contribution in [2.45, 2.75) is 50.9 Å². The van der Waals surface area contributed by atoms with Crippen molar-refractivity contribution in [3.8, 4) is 0 Å². The van der Waals surface area contributed by atoms with E-state index in [0.29, 0.717) is 36.7 Å². The van der Waals surface area contributed by atoms with Crippen LogP contribution >= 0.6 is 0 Å². The van der Waals surface area contributed by atoms with Crippen molar-refractivity contribution in [1.82, 2.24) is 10.6 Å². The van der Waals surface area contributed by atoms with Gasteiger partial charge in [0.25, 0.3) is 0 Å². The molecule has 2 heterocycles. The molecule has 1 aromatic rings. The van der Waals surface area contributed by atoms with Gasteiger partial charge in [0.1, 0.15) is 12.4 Å². The van der Waals surface area contributed by atoms with Gasteiger partial charge in [-0.2, -0.15) is 0 Å². The van der Waals surface area contributed by atoms with Crippen LogP contribution < -0.4 is 10.6 Å². The van der Waals surface area contributed by atoms with Crippen LogP contribution in [0.1, 0.15) is 37.9 Å². The third kappa shape index (κ3) is 3.17. The summed E-state index contributed by atoms with van der Waals surface area (Å²) in [6.45, 7) is 3.01. The van der Waals surface area contributed by atoms with E-state index < -0.39 is 0 Å². The molecule has 3 atom stereocenters. The number of guanidine groups is 1. The van der Waals surface area contributed by atoms with Crippen molar-refractivity contribution in [2.24, 2.45) is 16.3 Å². The standard InChI is InChI=1S/C19H29N3O3/c1-20-18(21-9-4-10-23-13-14-5-2-11-24-14)22-16-15-6-12-25-17(15)19(16)7-3-8-19/h2,5,11,15-17H,3-4,6-10,12-13H2,1H3,(H2,20,21,22). The highest BCUT2D eigenvalue weighted by atomic mass is 16.5. The van der Waals surface area contributed by atoms with Gasteiger partial charge in [-0.25, -0.2) is 0 Å². The maximum absolute atomic E-state index is 5.99. The highest BCUT2D eigenvalue weighted by molar-refractivity contribution is 5.80. The van der Waals surface area contributed by atoms with E-state index in [9.17, 15) is 0 Å². The molecule has 4 rings (SSSR count). The van der Waals surface area contributed by atoms with Crippen LogP contribution in [0.4, 0.5) is 0 Å². The summed E-state index contributed by atoms with van der Waals surface area (Å²) < 4.78 is 16.8. The molecule has 1 spiro atoms. The van der Waals surface area contributed by atoms with Gasteiger partial charge in [-0.3, -0.25) is 4.99 Å². The van der Waals surface area contributed by atoms with Gasteiger partial charge in [0.2, 0.25) is 0 Å². The summed E-state index contributed by atoms with van der Waals surface area (Å²) in [5.74, 6) is 2.44. The fraction of sp³-hybridized carbons (Fsp3) is 0.737. The number of fused-ring (bicyclic) bond motifs is 2. The third-order valence-electron chi connectivity index (χ3n) is 6.13. The average Bonchev–Trinajstić information content (AvgIpc) is 3.23. The third-order valence-corrected chi connectivity index (χ3v) is 6.13. The van der Waals surface area contributed by atoms with Crippen molar-refractivity contribution in [3.63, 3.8) is 0 Å². The fourth-order valence-corrected chi connectivity index (χ4v) is 4.75. The minimum Gasteiger partial charge on any atom is -0.467 e. The van der Waals surface area contributed by atoms with Gasteiger partial charge >= 0.3 is 0 Å². The van der Waals surface area contributed by atoms with Crippen LogP contribution in [0.15, 0.2) is 27.8 Å². The van der Waals surface area contributed by atoms with Crippen LogP contribution in [-0.4, -0.2) is 44.9 Å². The van der Waals surface area contributed by atoms with Gasteiger partial charge < -0.3 is 24.5 Å². The molecule has 1 aromatic heterocycles. The zero-order valence-electron chi connectivity index (χ0n) is 15.0. The van der Waals surface area contributed by atoms with Crippen LogP contribution in [0.2, 0.25) is 0 Å². The molecule has 0 amide bonds. The Morgan fingerprint density at radius 1 is 1.44 bits per heavy atom. The van der Waals surface area contributed by atoms with E-state index in [-0.39, 0.29) is 0 Å². The van der Waals surface area contributed by atoms with Crippen LogP contribution in [0.3, 0.4) is 0 Å². The Labute approximate surface area is 149 Å². The first-order valence-corrected chi connectivity index (χ1v) is 9.52. The number of hydrogen-bond acceptors (Lipinski definition) is 4. The lowest BCUT2D eigenvalue weighted by Crippen LogP contribution is -2.72. The molecule has 0 aromatic carbocycles. The number of hydrogen-bond donors (Lipinski definition) is 2. The molecular formula is C19H29N3O3. The monoisotopic (exact) mass is 347 g/mol. The van der Waals surface area contributed by atoms with Crippen molar-refractivity contribution >= 4 is 5.96 Å². The largest absolute Gasteiger partial charge is 0.467 e. The second kappa shape index (κ2) is 7.38. The molecule has 3 unspecified atom stereocenters. The molecule has 3 aliphatic rings. The van der Waals surface area contributed by atoms with Gasteiger partial charge in [-0.1, -0.05) is 6.42 Å². The maximum Gasteiger partial charge on any atom is 0.191 e. The van der Waals surface area contributed by atoms with E-state index in [2.05, 4.69) is 15.6 Å². The number of aliphatic imine (C=N–C) groups is 1. The van der Waals surface area contributed by atoms with Crippen LogP contribution in [0, 0.1) is 11.3 Å². The number of nitrogens with zero attached hydrogens (tertiary/aromatic N) is 1. The summed E-state index contributed by atoms with van der Waals surface area (Å²) in [5.41, 5.74) is 0.380. The van der Waals surface area contributed by atoms with E-state index in [1.54, 1.807) is 6.26 Å². The Morgan fingerprint density at radius 3 is 3.08 bits per heavy atom. The zero-order chi connectivity index (χ0) is 17.1. The second-order valence-corrected chi connectivity index (χ2v) is 7.44. The van der Waals surface area contributed by atoms with Gasteiger partial charge in [0.15, 0.2) is 5.96 Å². The number of rotatable bonds is 7. The molecule has 0 bridgehead atoms. The van der Waals surface area contributed by atoms with Gasteiger partial charge in [0, 0.05) is 44.2 Å². The van der Waals surface area contributed by atoms with Crippen molar-refractivity contribution in [3.05, 3.63) is 24.2 Å². The van der Waals surface area contributed by atoms with E-state index in [1.165, 1.54) is 25.7 Å². The average molecular weight is 347 g/mol. The van der Waals surface area contributed by atoms with E-state index in [1.807, 2.05) is 19.2 Å². The second-order valence-electron chi connectivity index (χ2n) is 7.44. The highest BCUT2D eigenvalue weighted by Crippen LogP contribution is 2.62. The molecule has 1 aliphatic heterocycles. The Kier molecular flexibility index (Phi) is 4.99. The first-order chi connectivity index (χ1) is 12.3. The molecular weight excluding hydrogens is 318 g/mol. The van der Waals surface area contributed by atoms with Crippen molar-refractivity contribution in [2.75, 3.05) is 26.8 Å². The lowest BCUT2D eigenvalue weighted by atomic mass is 9.46. The predicted octanol–water partition coefficient (Wildman–Crippen LogP) is 2.31. The molecule has 6 heteroatoms. The van der Waals surface area contributed by atoms with Gasteiger partial charge in [-0.15, -0.1) is 0 Å². The summed E-state index contributed by atoms with van der Waals surface area (Å²) in [7, 11) is 1.84. The molecule has 3 fully saturated rings. The molecule has 2 saturated carbocycles. The van der Waals surface area contributed by atoms with Crippen LogP contribution in [0.25, 0.3) is 0 Å². The highest BCUT2D eigenvalue weighted by Gasteiger charge is 2.66. The topological polar surface area (TPSA) is 68.0 Å². The Morgan fingerprint density at radius 2 is 2.36 bits per heavy atom. The lowest BCUT2D eigenvalue weighted by molar-refractivity contribution is -0.171. The summed E-state index contributed by atoms with van der Waals surface area (Å²) in [6, 6.07) is 4.33. The zero-order valence-corrected chi connectivity index (χ0v) is 15.0. The Balaban J connectivity index is 1.17. The summed E-state index contributed by atoms with van der Waals surface area (Å²) >= 11 is 0. The van der Waals surface area contributed by atoms with E-state index >= 15 is 0 Å². The number of nitrogens with one attached hydrogen (secondary N) is 2. The first kappa shape index (κ1) is 16.9. The maximum atomic E-state index is 5.99. The summed E-state index contributed by atoms with van der Waals surface area (Å²) in [6.07, 6.45) is 8.21. The van der Waals surface area contributed by atoms with Gasteiger partial charge in [-0.05, 0) is 37.8 Å². The lowest BCUT2D eigenvalue weighted by Gasteiger charge is -2.63. The van der Waals surface area contributed by atoms with Crippen molar-refractivity contribution < 1.29 is 13.9 Å². The van der Waals surface area contributed by atoms with E-state index in [0.717, 1.165) is 31.3 Å².